The average Bonchev–Trinajstić information content (AvgIpc) is 2.41. The molecule has 4 nitrogen and oxygen atoms in total. The minimum atomic E-state index is 0.285. The van der Waals surface area contributed by atoms with Gasteiger partial charge in [0.1, 0.15) is 17.5 Å². The Morgan fingerprint density at radius 2 is 2.05 bits per heavy atom. The van der Waals surface area contributed by atoms with Crippen molar-refractivity contribution >= 4 is 17.7 Å². The third-order valence-electron chi connectivity index (χ3n) is 2.47. The monoisotopic (exact) mass is 290 g/mol. The number of hydrogen-bond acceptors (Lipinski definition) is 4. The lowest BCUT2D eigenvalue weighted by molar-refractivity contribution is 0.177. The summed E-state index contributed by atoms with van der Waals surface area (Å²) in [6.45, 7) is 2.24. The molecule has 2 rings (SSSR count). The Hall–Kier alpha value is -1.91. The Labute approximate surface area is 123 Å². The summed E-state index contributed by atoms with van der Waals surface area (Å²) >= 11 is 5.95. The smallest absolute Gasteiger partial charge is 0.224 e. The average molecular weight is 291 g/mol. The van der Waals surface area contributed by atoms with Gasteiger partial charge in [-0.3, -0.25) is 0 Å². The van der Waals surface area contributed by atoms with E-state index in [1.807, 2.05) is 43.3 Å². The molecule has 0 atom stereocenters. The molecule has 2 aromatic rings. The van der Waals surface area contributed by atoms with Gasteiger partial charge in [0.05, 0.1) is 0 Å². The van der Waals surface area contributed by atoms with E-state index in [1.54, 1.807) is 13.2 Å². The molecule has 0 radical (unpaired) electrons. The van der Waals surface area contributed by atoms with Gasteiger partial charge in [0.25, 0.3) is 0 Å². The maximum Gasteiger partial charge on any atom is 0.224 e. The molecule has 1 aromatic carbocycles. The van der Waals surface area contributed by atoms with Gasteiger partial charge >= 0.3 is 0 Å². The Balaban J connectivity index is 2.30. The maximum absolute atomic E-state index is 5.95. The summed E-state index contributed by atoms with van der Waals surface area (Å²) in [6.07, 6.45) is 3.92. The van der Waals surface area contributed by atoms with Crippen molar-refractivity contribution in [3.05, 3.63) is 52.9 Å². The molecule has 0 fully saturated rings. The van der Waals surface area contributed by atoms with Gasteiger partial charge in [-0.25, -0.2) is 4.98 Å². The molecule has 5 heteroatoms. The zero-order valence-corrected chi connectivity index (χ0v) is 12.1. The Morgan fingerprint density at radius 3 is 2.80 bits per heavy atom. The third-order valence-corrected chi connectivity index (χ3v) is 2.66. The van der Waals surface area contributed by atoms with Gasteiger partial charge in [0.2, 0.25) is 5.88 Å². The number of halogens is 1. The van der Waals surface area contributed by atoms with Crippen LogP contribution in [0.3, 0.4) is 0 Å². The van der Waals surface area contributed by atoms with Crippen LogP contribution in [0, 0.1) is 0 Å². The fraction of sp³-hybridized carbons (Fsp3) is 0.200. The number of rotatable bonds is 5. The highest BCUT2D eigenvalue weighted by Crippen LogP contribution is 2.26. The molecule has 0 unspecified atom stereocenters. The second-order valence-corrected chi connectivity index (χ2v) is 4.41. The van der Waals surface area contributed by atoms with Crippen LogP contribution in [0.4, 0.5) is 0 Å². The molecule has 0 saturated heterocycles. The molecular formula is C15H15ClN2O2. The number of methoxy groups -OCH3 is 1. The van der Waals surface area contributed by atoms with Gasteiger partial charge in [-0.2, -0.15) is 4.98 Å². The summed E-state index contributed by atoms with van der Waals surface area (Å²) in [5.74, 6) is 1.59. The van der Waals surface area contributed by atoms with Crippen molar-refractivity contribution in [1.29, 1.82) is 0 Å². The summed E-state index contributed by atoms with van der Waals surface area (Å²) in [6, 6.07) is 9.27. The van der Waals surface area contributed by atoms with E-state index in [-0.39, 0.29) is 6.61 Å². The molecule has 1 aromatic heterocycles. The molecule has 0 spiro atoms. The molecule has 20 heavy (non-hydrogen) atoms. The van der Waals surface area contributed by atoms with Crippen LogP contribution in [-0.2, 0) is 11.3 Å². The Morgan fingerprint density at radius 1 is 1.25 bits per heavy atom. The number of hydrogen-bond donors (Lipinski definition) is 0. The standard InChI is InChI=1S/C15H15ClN2O2/c1-3-6-11-7-4-5-8-12(11)20-15-9-13(16)17-14(18-15)10-19-2/h3-9H,10H2,1-2H3/b6-3+. The molecule has 0 N–H and O–H groups in total. The number of benzene rings is 1. The Bertz CT molecular complexity index is 615. The third kappa shape index (κ3) is 3.79. The minimum Gasteiger partial charge on any atom is -0.438 e. The van der Waals surface area contributed by atoms with E-state index in [9.17, 15) is 0 Å². The first-order chi connectivity index (χ1) is 9.72. The van der Waals surface area contributed by atoms with Gasteiger partial charge < -0.3 is 9.47 Å². The van der Waals surface area contributed by atoms with E-state index < -0.39 is 0 Å². The first kappa shape index (κ1) is 14.5. The second-order valence-electron chi connectivity index (χ2n) is 4.02. The van der Waals surface area contributed by atoms with E-state index in [2.05, 4.69) is 9.97 Å². The fourth-order valence-electron chi connectivity index (χ4n) is 1.69. The van der Waals surface area contributed by atoms with E-state index in [1.165, 1.54) is 0 Å². The minimum absolute atomic E-state index is 0.285. The zero-order chi connectivity index (χ0) is 14.4. The van der Waals surface area contributed by atoms with Crippen LogP contribution in [0.5, 0.6) is 11.6 Å². The predicted octanol–water partition coefficient (Wildman–Crippen LogP) is 4.10. The van der Waals surface area contributed by atoms with Gasteiger partial charge in [-0.15, -0.1) is 0 Å². The lowest BCUT2D eigenvalue weighted by Gasteiger charge is -2.09. The SMILES string of the molecule is C/C=C/c1ccccc1Oc1cc(Cl)nc(COC)n1. The molecule has 1 heterocycles. The van der Waals surface area contributed by atoms with Crippen molar-refractivity contribution in [2.24, 2.45) is 0 Å². The van der Waals surface area contributed by atoms with Crippen LogP contribution < -0.4 is 4.74 Å². The molecule has 0 saturated carbocycles. The summed E-state index contributed by atoms with van der Waals surface area (Å²) < 4.78 is 10.8. The largest absolute Gasteiger partial charge is 0.438 e. The highest BCUT2D eigenvalue weighted by atomic mass is 35.5. The molecular weight excluding hydrogens is 276 g/mol. The van der Waals surface area contributed by atoms with Crippen molar-refractivity contribution in [2.45, 2.75) is 13.5 Å². The number of aromatic nitrogens is 2. The first-order valence-corrected chi connectivity index (χ1v) is 6.52. The molecule has 0 aliphatic rings. The summed E-state index contributed by atoms with van der Waals surface area (Å²) in [7, 11) is 1.58. The molecule has 0 bridgehead atoms. The van der Waals surface area contributed by atoms with Gasteiger partial charge in [-0.1, -0.05) is 42.0 Å². The number of ether oxygens (including phenoxy) is 2. The zero-order valence-electron chi connectivity index (χ0n) is 11.3. The normalized spacial score (nSPS) is 10.9. The summed E-state index contributed by atoms with van der Waals surface area (Å²) in [5.41, 5.74) is 0.970. The second kappa shape index (κ2) is 7.03. The van der Waals surface area contributed by atoms with Crippen molar-refractivity contribution in [3.8, 4) is 11.6 Å². The fourth-order valence-corrected chi connectivity index (χ4v) is 1.88. The summed E-state index contributed by atoms with van der Waals surface area (Å²) in [5, 5.41) is 0.325. The number of allylic oxidation sites excluding steroid dienone is 1. The highest BCUT2D eigenvalue weighted by molar-refractivity contribution is 6.29. The van der Waals surface area contributed by atoms with E-state index in [0.29, 0.717) is 22.6 Å². The Kier molecular flexibility index (Phi) is 5.09. The first-order valence-electron chi connectivity index (χ1n) is 6.15. The van der Waals surface area contributed by atoms with Gasteiger partial charge in [0, 0.05) is 18.7 Å². The molecule has 0 aliphatic carbocycles. The maximum atomic E-state index is 5.95. The van der Waals surface area contributed by atoms with Gasteiger partial charge in [0.15, 0.2) is 5.82 Å². The number of para-hydroxylation sites is 1. The van der Waals surface area contributed by atoms with Crippen molar-refractivity contribution < 1.29 is 9.47 Å². The lowest BCUT2D eigenvalue weighted by atomic mass is 10.2. The van der Waals surface area contributed by atoms with E-state index >= 15 is 0 Å². The topological polar surface area (TPSA) is 44.2 Å². The van der Waals surface area contributed by atoms with Crippen LogP contribution in [0.25, 0.3) is 6.08 Å². The predicted molar refractivity (Wildman–Crippen MR) is 79.0 cm³/mol. The lowest BCUT2D eigenvalue weighted by Crippen LogP contribution is -1.99. The molecule has 0 amide bonds. The summed E-state index contributed by atoms with van der Waals surface area (Å²) in [4.78, 5) is 8.31. The van der Waals surface area contributed by atoms with Crippen LogP contribution >= 0.6 is 11.6 Å². The van der Waals surface area contributed by atoms with Crippen molar-refractivity contribution in [1.82, 2.24) is 9.97 Å². The molecule has 104 valence electrons. The molecule has 0 aliphatic heterocycles. The van der Waals surface area contributed by atoms with Crippen LogP contribution in [-0.4, -0.2) is 17.1 Å². The van der Waals surface area contributed by atoms with Crippen molar-refractivity contribution in [3.63, 3.8) is 0 Å². The van der Waals surface area contributed by atoms with Crippen LogP contribution in [0.15, 0.2) is 36.4 Å². The van der Waals surface area contributed by atoms with E-state index in [0.717, 1.165) is 5.56 Å². The van der Waals surface area contributed by atoms with E-state index in [4.69, 9.17) is 21.1 Å². The van der Waals surface area contributed by atoms with Crippen LogP contribution in [0.2, 0.25) is 5.15 Å². The quantitative estimate of drug-likeness (QED) is 0.778. The van der Waals surface area contributed by atoms with Crippen LogP contribution in [0.1, 0.15) is 18.3 Å². The van der Waals surface area contributed by atoms with Gasteiger partial charge in [-0.05, 0) is 13.0 Å². The van der Waals surface area contributed by atoms with Crippen molar-refractivity contribution in [2.75, 3.05) is 7.11 Å². The number of nitrogens with zero attached hydrogens (tertiary/aromatic N) is 2. The highest BCUT2D eigenvalue weighted by Gasteiger charge is 2.07.